The van der Waals surface area contributed by atoms with Gasteiger partial charge in [-0.1, -0.05) is 24.3 Å². The minimum atomic E-state index is -3.95. The third-order valence-electron chi connectivity index (χ3n) is 6.48. The standard InChI is InChI=1S/C28H22N4O5S2/c33-25(18-9-12-24-22(13-18)32-27(35)21-3-1-2-4-23(21)39(24,36)37)29-14-20-15-30-28(38-20)17-7-5-16(6-8-17)26(34)31-19-10-11-19/h1-9,12-13,15,19H,10-11,14H2,(H,29,33)(H,31,34)(H,32,35). The number of anilines is 1. The molecule has 0 atom stereocenters. The number of carbonyl (C=O) groups excluding carboxylic acids is 3. The van der Waals surface area contributed by atoms with Crippen LogP contribution in [0.3, 0.4) is 0 Å². The number of thiazole rings is 1. The fourth-order valence-corrected chi connectivity index (χ4v) is 6.70. The molecule has 1 aliphatic carbocycles. The van der Waals surface area contributed by atoms with Gasteiger partial charge in [0.1, 0.15) is 5.01 Å². The summed E-state index contributed by atoms with van der Waals surface area (Å²) in [5.41, 5.74) is 1.78. The molecule has 4 aromatic rings. The zero-order chi connectivity index (χ0) is 27.1. The number of hydrogen-bond acceptors (Lipinski definition) is 7. The number of carbonyl (C=O) groups is 3. The first-order valence-corrected chi connectivity index (χ1v) is 14.5. The first kappa shape index (κ1) is 25.0. The van der Waals surface area contributed by atoms with Crippen molar-refractivity contribution < 1.29 is 22.8 Å². The Labute approximate surface area is 228 Å². The summed E-state index contributed by atoms with van der Waals surface area (Å²) in [7, 11) is -3.95. The van der Waals surface area contributed by atoms with Crippen LogP contribution in [0.1, 0.15) is 48.8 Å². The van der Waals surface area contributed by atoms with E-state index in [4.69, 9.17) is 0 Å². The van der Waals surface area contributed by atoms with E-state index in [-0.39, 0.29) is 39.1 Å². The largest absolute Gasteiger partial charge is 0.349 e. The molecule has 1 aromatic heterocycles. The maximum absolute atomic E-state index is 13.2. The lowest BCUT2D eigenvalue weighted by molar-refractivity contribution is 0.0943. The number of sulfone groups is 1. The molecule has 0 saturated heterocycles. The molecule has 3 amide bonds. The molecule has 2 aliphatic rings. The highest BCUT2D eigenvalue weighted by Crippen LogP contribution is 2.34. The van der Waals surface area contributed by atoms with Gasteiger partial charge < -0.3 is 16.0 Å². The third-order valence-corrected chi connectivity index (χ3v) is 9.40. The van der Waals surface area contributed by atoms with Crippen molar-refractivity contribution in [1.29, 1.82) is 0 Å². The molecule has 3 N–H and O–H groups in total. The normalized spacial score (nSPS) is 15.3. The van der Waals surface area contributed by atoms with Crippen molar-refractivity contribution in [2.75, 3.05) is 5.32 Å². The first-order valence-electron chi connectivity index (χ1n) is 12.2. The molecule has 0 bridgehead atoms. The molecule has 0 radical (unpaired) electrons. The minimum Gasteiger partial charge on any atom is -0.349 e. The summed E-state index contributed by atoms with van der Waals surface area (Å²) < 4.78 is 26.3. The Kier molecular flexibility index (Phi) is 6.24. The molecular formula is C28H22N4O5S2. The zero-order valence-electron chi connectivity index (χ0n) is 20.4. The maximum atomic E-state index is 13.2. The van der Waals surface area contributed by atoms with Gasteiger partial charge in [0.15, 0.2) is 0 Å². The molecular weight excluding hydrogens is 536 g/mol. The monoisotopic (exact) mass is 558 g/mol. The summed E-state index contributed by atoms with van der Waals surface area (Å²) in [6.45, 7) is 0.214. The molecule has 196 valence electrons. The van der Waals surface area contributed by atoms with Gasteiger partial charge in [-0.25, -0.2) is 13.4 Å². The van der Waals surface area contributed by atoms with E-state index in [9.17, 15) is 22.8 Å². The molecule has 0 spiro atoms. The minimum absolute atomic E-state index is 0.0527. The number of fused-ring (bicyclic) bond motifs is 2. The van der Waals surface area contributed by atoms with Crippen LogP contribution in [-0.4, -0.2) is 37.2 Å². The Bertz CT molecular complexity index is 1740. The quantitative estimate of drug-likeness (QED) is 0.327. The van der Waals surface area contributed by atoms with Gasteiger partial charge in [0.05, 0.1) is 27.6 Å². The predicted octanol–water partition coefficient (Wildman–Crippen LogP) is 4.03. The van der Waals surface area contributed by atoms with Crippen molar-refractivity contribution >= 4 is 44.6 Å². The van der Waals surface area contributed by atoms with E-state index in [1.165, 1.54) is 41.7 Å². The maximum Gasteiger partial charge on any atom is 0.257 e. The smallest absolute Gasteiger partial charge is 0.257 e. The van der Waals surface area contributed by atoms with Crippen LogP contribution in [0.5, 0.6) is 0 Å². The fraction of sp³-hybridized carbons (Fsp3) is 0.143. The summed E-state index contributed by atoms with van der Waals surface area (Å²) >= 11 is 1.41. The molecule has 0 unspecified atom stereocenters. The molecule has 9 nitrogen and oxygen atoms in total. The molecule has 39 heavy (non-hydrogen) atoms. The topological polar surface area (TPSA) is 134 Å². The molecule has 1 saturated carbocycles. The van der Waals surface area contributed by atoms with Gasteiger partial charge in [-0.05, 0) is 55.3 Å². The van der Waals surface area contributed by atoms with Crippen LogP contribution < -0.4 is 16.0 Å². The average Bonchev–Trinajstić information content (AvgIpc) is 3.65. The van der Waals surface area contributed by atoms with Gasteiger partial charge in [0, 0.05) is 33.8 Å². The van der Waals surface area contributed by atoms with Crippen LogP contribution in [0.25, 0.3) is 10.6 Å². The summed E-state index contributed by atoms with van der Waals surface area (Å²) in [4.78, 5) is 42.8. The van der Waals surface area contributed by atoms with Crippen molar-refractivity contribution in [1.82, 2.24) is 15.6 Å². The number of nitrogens with zero attached hydrogens (tertiary/aromatic N) is 1. The SMILES string of the molecule is O=C(NCc1cnc(-c2ccc(C(=O)NC3CC3)cc2)s1)c1ccc2c(c1)NC(=O)c1ccccc1S2(=O)=O. The van der Waals surface area contributed by atoms with Crippen molar-refractivity contribution in [2.24, 2.45) is 0 Å². The van der Waals surface area contributed by atoms with Crippen LogP contribution in [0.15, 0.2) is 82.7 Å². The number of benzene rings is 3. The van der Waals surface area contributed by atoms with Gasteiger partial charge in [0.25, 0.3) is 17.7 Å². The number of hydrogen-bond donors (Lipinski definition) is 3. The van der Waals surface area contributed by atoms with Crippen molar-refractivity contribution in [3.8, 4) is 10.6 Å². The molecule has 6 rings (SSSR count). The van der Waals surface area contributed by atoms with Gasteiger partial charge >= 0.3 is 0 Å². The molecule has 11 heteroatoms. The highest BCUT2D eigenvalue weighted by Gasteiger charge is 2.31. The van der Waals surface area contributed by atoms with E-state index in [2.05, 4.69) is 20.9 Å². The zero-order valence-corrected chi connectivity index (χ0v) is 22.1. The van der Waals surface area contributed by atoms with Gasteiger partial charge in [-0.3, -0.25) is 14.4 Å². The van der Waals surface area contributed by atoms with Crippen LogP contribution in [0, 0.1) is 0 Å². The van der Waals surface area contributed by atoms with Crippen LogP contribution in [0.4, 0.5) is 5.69 Å². The van der Waals surface area contributed by atoms with Gasteiger partial charge in [-0.15, -0.1) is 11.3 Å². The lowest BCUT2D eigenvalue weighted by atomic mass is 10.1. The molecule has 1 fully saturated rings. The summed E-state index contributed by atoms with van der Waals surface area (Å²) in [5.74, 6) is -1.06. The third kappa shape index (κ3) is 4.93. The number of aromatic nitrogens is 1. The summed E-state index contributed by atoms with van der Waals surface area (Å²) in [6, 6.07) is 17.6. The van der Waals surface area contributed by atoms with E-state index in [0.29, 0.717) is 11.6 Å². The van der Waals surface area contributed by atoms with E-state index in [0.717, 1.165) is 28.3 Å². The van der Waals surface area contributed by atoms with E-state index in [1.807, 2.05) is 12.1 Å². The molecule has 1 aliphatic heterocycles. The lowest BCUT2D eigenvalue weighted by Gasteiger charge is -2.10. The second kappa shape index (κ2) is 9.75. The highest BCUT2D eigenvalue weighted by atomic mass is 32.2. The lowest BCUT2D eigenvalue weighted by Crippen LogP contribution is -2.25. The Hall–Kier alpha value is -4.35. The summed E-state index contributed by atoms with van der Waals surface area (Å²) in [5, 5.41) is 9.15. The highest BCUT2D eigenvalue weighted by molar-refractivity contribution is 7.91. The van der Waals surface area contributed by atoms with Gasteiger partial charge in [0.2, 0.25) is 9.84 Å². The second-order valence-corrected chi connectivity index (χ2v) is 12.3. The Morgan fingerprint density at radius 2 is 1.69 bits per heavy atom. The van der Waals surface area contributed by atoms with Crippen molar-refractivity contribution in [3.63, 3.8) is 0 Å². The second-order valence-electron chi connectivity index (χ2n) is 9.30. The number of rotatable bonds is 6. The van der Waals surface area contributed by atoms with Crippen molar-refractivity contribution in [3.05, 3.63) is 94.5 Å². The van der Waals surface area contributed by atoms with Crippen LogP contribution in [-0.2, 0) is 16.4 Å². The first-order chi connectivity index (χ1) is 18.8. The van der Waals surface area contributed by atoms with Crippen LogP contribution in [0.2, 0.25) is 0 Å². The Morgan fingerprint density at radius 3 is 2.46 bits per heavy atom. The van der Waals surface area contributed by atoms with E-state index in [1.54, 1.807) is 30.5 Å². The molecule has 3 aromatic carbocycles. The summed E-state index contributed by atoms with van der Waals surface area (Å²) in [6.07, 6.45) is 3.74. The predicted molar refractivity (Wildman–Crippen MR) is 145 cm³/mol. The Balaban J connectivity index is 1.14. The molecule has 2 heterocycles. The van der Waals surface area contributed by atoms with Crippen molar-refractivity contribution in [2.45, 2.75) is 35.2 Å². The fourth-order valence-electron chi connectivity index (χ4n) is 4.25. The number of amides is 3. The van der Waals surface area contributed by atoms with E-state index < -0.39 is 21.7 Å². The van der Waals surface area contributed by atoms with E-state index >= 15 is 0 Å². The van der Waals surface area contributed by atoms with Gasteiger partial charge in [-0.2, -0.15) is 0 Å². The van der Waals surface area contributed by atoms with Crippen LogP contribution >= 0.6 is 11.3 Å². The Morgan fingerprint density at radius 1 is 0.949 bits per heavy atom. The number of nitrogens with one attached hydrogen (secondary N) is 3. The average molecular weight is 559 g/mol.